The number of aromatic nitrogens is 3. The van der Waals surface area contributed by atoms with E-state index in [4.69, 9.17) is 10.7 Å². The molecule has 0 aromatic carbocycles. The molecule has 18 heavy (non-hydrogen) atoms. The lowest BCUT2D eigenvalue weighted by Gasteiger charge is -2.36. The highest BCUT2D eigenvalue weighted by Crippen LogP contribution is 2.37. The van der Waals surface area contributed by atoms with Crippen LogP contribution in [0.25, 0.3) is 11.2 Å². The van der Waals surface area contributed by atoms with E-state index < -0.39 is 0 Å². The zero-order valence-electron chi connectivity index (χ0n) is 11.1. The minimum absolute atomic E-state index is 0.285. The average molecular weight is 244 g/mol. The fraction of sp³-hybridized carbons (Fsp3) is 0.571. The number of hydrogen-bond donors (Lipinski definition) is 1. The second kappa shape index (κ2) is 4.05. The molecule has 1 aliphatic rings. The molecule has 0 saturated heterocycles. The van der Waals surface area contributed by atoms with Gasteiger partial charge >= 0.3 is 0 Å². The van der Waals surface area contributed by atoms with Gasteiger partial charge in [0.1, 0.15) is 11.3 Å². The molecular formula is C14H20N4. The third-order valence-electron chi connectivity index (χ3n) is 4.11. The number of aryl methyl sites for hydroxylation is 1. The van der Waals surface area contributed by atoms with E-state index in [-0.39, 0.29) is 5.54 Å². The van der Waals surface area contributed by atoms with Gasteiger partial charge < -0.3 is 10.3 Å². The summed E-state index contributed by atoms with van der Waals surface area (Å²) in [5.74, 6) is 1.67. The number of nitrogens with zero attached hydrogens (tertiary/aromatic N) is 3. The normalized spacial score (nSPS) is 28.7. The highest BCUT2D eigenvalue weighted by atomic mass is 15.1. The van der Waals surface area contributed by atoms with Crippen molar-refractivity contribution in [1.29, 1.82) is 0 Å². The van der Waals surface area contributed by atoms with E-state index in [1.54, 1.807) is 6.20 Å². The van der Waals surface area contributed by atoms with Crippen LogP contribution in [0.4, 0.5) is 0 Å². The van der Waals surface area contributed by atoms with Gasteiger partial charge in [0.2, 0.25) is 0 Å². The molecule has 4 nitrogen and oxygen atoms in total. The molecule has 4 heteroatoms. The van der Waals surface area contributed by atoms with Crippen molar-refractivity contribution in [2.45, 2.75) is 38.1 Å². The Labute approximate surface area is 107 Å². The minimum atomic E-state index is -0.285. The predicted molar refractivity (Wildman–Crippen MR) is 72.0 cm³/mol. The van der Waals surface area contributed by atoms with Gasteiger partial charge in [0.25, 0.3) is 0 Å². The summed E-state index contributed by atoms with van der Waals surface area (Å²) in [5, 5.41) is 0. The zero-order valence-corrected chi connectivity index (χ0v) is 11.1. The number of hydrogen-bond acceptors (Lipinski definition) is 3. The molecule has 2 heterocycles. The fourth-order valence-corrected chi connectivity index (χ4v) is 3.26. The van der Waals surface area contributed by atoms with Crippen LogP contribution in [0.15, 0.2) is 18.3 Å². The van der Waals surface area contributed by atoms with E-state index in [1.807, 2.05) is 19.2 Å². The molecule has 0 amide bonds. The summed E-state index contributed by atoms with van der Waals surface area (Å²) in [7, 11) is 2.02. The van der Waals surface area contributed by atoms with Gasteiger partial charge in [-0.25, -0.2) is 9.97 Å². The van der Waals surface area contributed by atoms with Gasteiger partial charge in [-0.15, -0.1) is 0 Å². The molecule has 0 bridgehead atoms. The summed E-state index contributed by atoms with van der Waals surface area (Å²) < 4.78 is 2.06. The Morgan fingerprint density at radius 2 is 2.33 bits per heavy atom. The van der Waals surface area contributed by atoms with Crippen molar-refractivity contribution in [2.75, 3.05) is 0 Å². The van der Waals surface area contributed by atoms with Gasteiger partial charge in [-0.1, -0.05) is 19.8 Å². The third-order valence-corrected chi connectivity index (χ3v) is 4.11. The molecule has 96 valence electrons. The molecular weight excluding hydrogens is 224 g/mol. The summed E-state index contributed by atoms with van der Waals surface area (Å²) in [6.45, 7) is 2.28. The molecule has 1 fully saturated rings. The molecule has 2 atom stereocenters. The maximum Gasteiger partial charge on any atom is 0.159 e. The Bertz CT molecular complexity index is 574. The first-order chi connectivity index (χ1) is 8.60. The summed E-state index contributed by atoms with van der Waals surface area (Å²) in [6.07, 6.45) is 6.31. The Hall–Kier alpha value is -1.42. The topological polar surface area (TPSA) is 56.7 Å². The molecule has 2 aromatic rings. The molecule has 0 aliphatic heterocycles. The first kappa shape index (κ1) is 11.7. The maximum atomic E-state index is 6.62. The molecule has 0 spiro atoms. The Morgan fingerprint density at radius 1 is 1.50 bits per heavy atom. The first-order valence-corrected chi connectivity index (χ1v) is 6.67. The van der Waals surface area contributed by atoms with Crippen LogP contribution in [0.3, 0.4) is 0 Å². The maximum absolute atomic E-state index is 6.62. The van der Waals surface area contributed by atoms with Crippen molar-refractivity contribution in [1.82, 2.24) is 14.5 Å². The molecule has 3 rings (SSSR count). The van der Waals surface area contributed by atoms with Gasteiger partial charge in [-0.05, 0) is 30.9 Å². The molecule has 2 unspecified atom stereocenters. The van der Waals surface area contributed by atoms with Gasteiger partial charge in [-0.3, -0.25) is 0 Å². The summed E-state index contributed by atoms with van der Waals surface area (Å²) >= 11 is 0. The molecule has 1 aliphatic carbocycles. The number of nitrogens with two attached hydrogens (primary N) is 1. The lowest BCUT2D eigenvalue weighted by atomic mass is 9.76. The molecule has 0 radical (unpaired) electrons. The van der Waals surface area contributed by atoms with Gasteiger partial charge in [0.15, 0.2) is 5.65 Å². The Morgan fingerprint density at radius 3 is 3.06 bits per heavy atom. The van der Waals surface area contributed by atoms with Crippen molar-refractivity contribution in [3.63, 3.8) is 0 Å². The highest BCUT2D eigenvalue weighted by Gasteiger charge is 2.36. The van der Waals surface area contributed by atoms with E-state index in [0.717, 1.165) is 29.8 Å². The molecule has 2 aromatic heterocycles. The Balaban J connectivity index is 2.10. The summed E-state index contributed by atoms with van der Waals surface area (Å²) in [6, 6.07) is 3.92. The van der Waals surface area contributed by atoms with Gasteiger partial charge in [0.05, 0.1) is 5.54 Å². The van der Waals surface area contributed by atoms with E-state index in [2.05, 4.69) is 16.5 Å². The number of fused-ring (bicyclic) bond motifs is 1. The second-order valence-corrected chi connectivity index (χ2v) is 5.70. The largest absolute Gasteiger partial charge is 0.319 e. The summed E-state index contributed by atoms with van der Waals surface area (Å²) in [5.41, 5.74) is 8.21. The van der Waals surface area contributed by atoms with Crippen molar-refractivity contribution in [3.8, 4) is 0 Å². The third kappa shape index (κ3) is 1.72. The molecule has 2 N–H and O–H groups in total. The lowest BCUT2D eigenvalue weighted by molar-refractivity contribution is 0.224. The quantitative estimate of drug-likeness (QED) is 0.837. The summed E-state index contributed by atoms with van der Waals surface area (Å²) in [4.78, 5) is 9.11. The van der Waals surface area contributed by atoms with E-state index in [0.29, 0.717) is 5.92 Å². The lowest BCUT2D eigenvalue weighted by Crippen LogP contribution is -2.43. The van der Waals surface area contributed by atoms with Crippen LogP contribution in [0, 0.1) is 5.92 Å². The fourth-order valence-electron chi connectivity index (χ4n) is 3.26. The van der Waals surface area contributed by atoms with Gasteiger partial charge in [0, 0.05) is 13.2 Å². The van der Waals surface area contributed by atoms with Crippen molar-refractivity contribution in [3.05, 3.63) is 24.2 Å². The monoisotopic (exact) mass is 244 g/mol. The molecule has 1 saturated carbocycles. The zero-order chi connectivity index (χ0) is 12.8. The number of pyridine rings is 1. The van der Waals surface area contributed by atoms with Crippen molar-refractivity contribution >= 4 is 11.2 Å². The van der Waals surface area contributed by atoms with E-state index in [9.17, 15) is 0 Å². The van der Waals surface area contributed by atoms with Crippen LogP contribution >= 0.6 is 0 Å². The smallest absolute Gasteiger partial charge is 0.159 e. The van der Waals surface area contributed by atoms with Gasteiger partial charge in [-0.2, -0.15) is 0 Å². The van der Waals surface area contributed by atoms with Crippen LogP contribution in [-0.2, 0) is 12.6 Å². The van der Waals surface area contributed by atoms with Crippen LogP contribution in [-0.4, -0.2) is 14.5 Å². The van der Waals surface area contributed by atoms with Crippen LogP contribution in [0.5, 0.6) is 0 Å². The SMILES string of the molecule is CC1CCCC(N)(c2nc3cccnc3n2C)C1. The first-order valence-electron chi connectivity index (χ1n) is 6.67. The van der Waals surface area contributed by atoms with Crippen molar-refractivity contribution < 1.29 is 0 Å². The second-order valence-electron chi connectivity index (χ2n) is 5.70. The number of imidazole rings is 1. The average Bonchev–Trinajstić information content (AvgIpc) is 2.68. The van der Waals surface area contributed by atoms with Crippen LogP contribution in [0.1, 0.15) is 38.4 Å². The Kier molecular flexibility index (Phi) is 2.63. The minimum Gasteiger partial charge on any atom is -0.319 e. The highest BCUT2D eigenvalue weighted by molar-refractivity contribution is 5.71. The van der Waals surface area contributed by atoms with E-state index in [1.165, 1.54) is 12.8 Å². The number of rotatable bonds is 1. The predicted octanol–water partition coefficient (Wildman–Crippen LogP) is 2.33. The van der Waals surface area contributed by atoms with E-state index >= 15 is 0 Å². The van der Waals surface area contributed by atoms with Crippen LogP contribution in [0.2, 0.25) is 0 Å². The van der Waals surface area contributed by atoms with Crippen molar-refractivity contribution in [2.24, 2.45) is 18.7 Å². The standard InChI is InChI=1S/C14H20N4/c1-10-5-3-7-14(15,9-10)13-17-11-6-4-8-16-12(11)18(13)2/h4,6,8,10H,3,5,7,9,15H2,1-2H3. The van der Waals surface area contributed by atoms with Crippen LogP contribution < -0.4 is 5.73 Å².